The first kappa shape index (κ1) is 17.6. The number of rotatable bonds is 5. The molecule has 1 aliphatic rings. The van der Waals surface area contributed by atoms with E-state index in [2.05, 4.69) is 0 Å². The molecule has 0 radical (unpaired) electrons. The second-order valence-corrected chi connectivity index (χ2v) is 7.44. The van der Waals surface area contributed by atoms with Crippen molar-refractivity contribution in [2.24, 2.45) is 5.92 Å². The van der Waals surface area contributed by atoms with Gasteiger partial charge in [0.1, 0.15) is 0 Å². The minimum absolute atomic E-state index is 0.0207. The molecule has 1 aromatic rings. The Hall–Kier alpha value is -1.80. The van der Waals surface area contributed by atoms with E-state index in [1.54, 1.807) is 6.92 Å². The van der Waals surface area contributed by atoms with Gasteiger partial charge in [-0.15, -0.1) is 0 Å². The van der Waals surface area contributed by atoms with Crippen molar-refractivity contribution in [3.8, 4) is 11.5 Å². The van der Waals surface area contributed by atoms with Crippen LogP contribution in [0.25, 0.3) is 0 Å². The molecule has 1 fully saturated rings. The fraction of sp³-hybridized carbons (Fsp3) is 0.533. The van der Waals surface area contributed by atoms with Gasteiger partial charge in [-0.3, -0.25) is 4.79 Å². The monoisotopic (exact) mass is 343 g/mol. The van der Waals surface area contributed by atoms with E-state index in [0.717, 1.165) is 0 Å². The number of hydrogen-bond acceptors (Lipinski definition) is 5. The van der Waals surface area contributed by atoms with Gasteiger partial charge in [0.15, 0.2) is 11.5 Å². The third-order valence-corrected chi connectivity index (χ3v) is 6.11. The summed E-state index contributed by atoms with van der Waals surface area (Å²) in [6.45, 7) is 1.77. The van der Waals surface area contributed by atoms with Gasteiger partial charge in [0.2, 0.25) is 10.0 Å². The number of sulfonamides is 1. The SMILES string of the molecule is COc1ccc(S(=O)(=O)N2CC(C(=O)O)CCC2C)cc1OC. The van der Waals surface area contributed by atoms with Crippen LogP contribution in [0.1, 0.15) is 19.8 Å². The molecule has 0 aliphatic carbocycles. The van der Waals surface area contributed by atoms with Crippen molar-refractivity contribution in [3.05, 3.63) is 18.2 Å². The van der Waals surface area contributed by atoms with Gasteiger partial charge in [0.25, 0.3) is 0 Å². The van der Waals surface area contributed by atoms with Gasteiger partial charge in [-0.1, -0.05) is 0 Å². The Kier molecular flexibility index (Phi) is 5.16. The number of methoxy groups -OCH3 is 2. The smallest absolute Gasteiger partial charge is 0.307 e. The first-order valence-electron chi connectivity index (χ1n) is 7.28. The van der Waals surface area contributed by atoms with E-state index in [0.29, 0.717) is 24.3 Å². The summed E-state index contributed by atoms with van der Waals surface area (Å²) in [5.74, 6) is -0.903. The van der Waals surface area contributed by atoms with E-state index in [4.69, 9.17) is 9.47 Å². The zero-order valence-electron chi connectivity index (χ0n) is 13.4. The maximum Gasteiger partial charge on any atom is 0.307 e. The van der Waals surface area contributed by atoms with Crippen molar-refractivity contribution in [1.82, 2.24) is 4.31 Å². The molecule has 0 aromatic heterocycles. The predicted octanol–water partition coefficient (Wildman–Crippen LogP) is 1.58. The lowest BCUT2D eigenvalue weighted by molar-refractivity contribution is -0.143. The number of carbonyl (C=O) groups is 1. The molecule has 2 rings (SSSR count). The van der Waals surface area contributed by atoms with Crippen molar-refractivity contribution < 1.29 is 27.8 Å². The lowest BCUT2D eigenvalue weighted by Gasteiger charge is -2.35. The van der Waals surface area contributed by atoms with Crippen LogP contribution in [0.2, 0.25) is 0 Å². The summed E-state index contributed by atoms with van der Waals surface area (Å²) in [7, 11) is -0.904. The van der Waals surface area contributed by atoms with Crippen molar-refractivity contribution in [1.29, 1.82) is 0 Å². The van der Waals surface area contributed by atoms with E-state index in [-0.39, 0.29) is 17.5 Å². The Bertz CT molecular complexity index is 687. The quantitative estimate of drug-likeness (QED) is 0.872. The average Bonchev–Trinajstić information content (AvgIpc) is 2.54. The molecule has 128 valence electrons. The molecule has 0 amide bonds. The van der Waals surface area contributed by atoms with Crippen LogP contribution in [0.4, 0.5) is 0 Å². The van der Waals surface area contributed by atoms with E-state index in [1.165, 1.54) is 36.7 Å². The molecule has 1 aliphatic heterocycles. The summed E-state index contributed by atoms with van der Waals surface area (Å²) < 4.78 is 37.3. The molecule has 23 heavy (non-hydrogen) atoms. The van der Waals surface area contributed by atoms with Crippen molar-refractivity contribution in [2.45, 2.75) is 30.7 Å². The molecule has 8 heteroatoms. The van der Waals surface area contributed by atoms with Crippen LogP contribution in [-0.2, 0) is 14.8 Å². The normalized spacial score (nSPS) is 22.6. The number of carboxylic acids is 1. The van der Waals surface area contributed by atoms with Gasteiger partial charge in [-0.2, -0.15) is 4.31 Å². The maximum atomic E-state index is 12.9. The molecule has 0 spiro atoms. The number of aliphatic carboxylic acids is 1. The highest BCUT2D eigenvalue weighted by atomic mass is 32.2. The zero-order chi connectivity index (χ0) is 17.2. The van der Waals surface area contributed by atoms with E-state index in [9.17, 15) is 18.3 Å². The largest absolute Gasteiger partial charge is 0.493 e. The molecule has 0 bridgehead atoms. The average molecular weight is 343 g/mol. The molecule has 1 saturated heterocycles. The summed E-state index contributed by atoms with van der Waals surface area (Å²) in [6.07, 6.45) is 0.998. The molecule has 7 nitrogen and oxygen atoms in total. The number of piperidine rings is 1. The molecule has 1 N–H and O–H groups in total. The third-order valence-electron chi connectivity index (χ3n) is 4.14. The summed E-state index contributed by atoms with van der Waals surface area (Å²) in [4.78, 5) is 11.3. The van der Waals surface area contributed by atoms with E-state index >= 15 is 0 Å². The summed E-state index contributed by atoms with van der Waals surface area (Å²) >= 11 is 0. The van der Waals surface area contributed by atoms with Gasteiger partial charge in [0.05, 0.1) is 25.0 Å². The lowest BCUT2D eigenvalue weighted by Crippen LogP contribution is -2.47. The minimum Gasteiger partial charge on any atom is -0.493 e. The fourth-order valence-electron chi connectivity index (χ4n) is 2.72. The van der Waals surface area contributed by atoms with E-state index < -0.39 is 21.9 Å². The van der Waals surface area contributed by atoms with Gasteiger partial charge in [-0.05, 0) is 31.9 Å². The maximum absolute atomic E-state index is 12.9. The van der Waals surface area contributed by atoms with E-state index in [1.807, 2.05) is 0 Å². The Labute approximate surface area is 135 Å². The Balaban J connectivity index is 2.38. The number of carboxylic acid groups (broad SMARTS) is 1. The summed E-state index contributed by atoms with van der Waals surface area (Å²) in [5.41, 5.74) is 0. The molecule has 2 unspecified atom stereocenters. The van der Waals surface area contributed by atoms with Gasteiger partial charge in [0, 0.05) is 18.7 Å². The molecule has 0 saturated carbocycles. The third kappa shape index (κ3) is 3.42. The molecule has 2 atom stereocenters. The first-order valence-corrected chi connectivity index (χ1v) is 8.72. The second-order valence-electron chi connectivity index (χ2n) is 5.55. The fourth-order valence-corrected chi connectivity index (χ4v) is 4.45. The lowest BCUT2D eigenvalue weighted by atomic mass is 9.96. The number of benzene rings is 1. The minimum atomic E-state index is -3.80. The highest BCUT2D eigenvalue weighted by Crippen LogP contribution is 2.33. The van der Waals surface area contributed by atoms with Crippen LogP contribution in [0.3, 0.4) is 0 Å². The van der Waals surface area contributed by atoms with Gasteiger partial charge in [-0.25, -0.2) is 8.42 Å². The molecule has 1 aromatic carbocycles. The summed E-state index contributed by atoms with van der Waals surface area (Å²) in [6, 6.07) is 4.11. The van der Waals surface area contributed by atoms with Crippen molar-refractivity contribution >= 4 is 16.0 Å². The highest BCUT2D eigenvalue weighted by Gasteiger charge is 2.37. The standard InChI is InChI=1S/C15H21NO6S/c1-10-4-5-11(15(17)18)9-16(10)23(19,20)12-6-7-13(21-2)14(8-12)22-3/h6-8,10-11H,4-5,9H2,1-3H3,(H,17,18). The molecular weight excluding hydrogens is 322 g/mol. The van der Waals surface area contributed by atoms with Crippen LogP contribution < -0.4 is 9.47 Å². The van der Waals surface area contributed by atoms with Crippen molar-refractivity contribution in [3.63, 3.8) is 0 Å². The predicted molar refractivity (Wildman–Crippen MR) is 83.3 cm³/mol. The Morgan fingerprint density at radius 3 is 2.43 bits per heavy atom. The van der Waals surface area contributed by atoms with Crippen LogP contribution in [0, 0.1) is 5.92 Å². The van der Waals surface area contributed by atoms with Crippen molar-refractivity contribution in [2.75, 3.05) is 20.8 Å². The second kappa shape index (κ2) is 6.76. The highest BCUT2D eigenvalue weighted by molar-refractivity contribution is 7.89. The van der Waals surface area contributed by atoms with Crippen LogP contribution in [0.15, 0.2) is 23.1 Å². The van der Waals surface area contributed by atoms with Gasteiger partial charge < -0.3 is 14.6 Å². The number of ether oxygens (including phenoxy) is 2. The number of nitrogens with zero attached hydrogens (tertiary/aromatic N) is 1. The molecular formula is C15H21NO6S. The summed E-state index contributed by atoms with van der Waals surface area (Å²) in [5, 5.41) is 9.17. The van der Waals surface area contributed by atoms with Crippen LogP contribution in [-0.4, -0.2) is 50.6 Å². The number of hydrogen-bond donors (Lipinski definition) is 1. The Morgan fingerprint density at radius 1 is 1.22 bits per heavy atom. The zero-order valence-corrected chi connectivity index (χ0v) is 14.2. The van der Waals surface area contributed by atoms with Gasteiger partial charge >= 0.3 is 5.97 Å². The van der Waals surface area contributed by atoms with Crippen LogP contribution >= 0.6 is 0 Å². The van der Waals surface area contributed by atoms with Crippen LogP contribution in [0.5, 0.6) is 11.5 Å². The topological polar surface area (TPSA) is 93.1 Å². The first-order chi connectivity index (χ1) is 10.8. The molecule has 1 heterocycles. The Morgan fingerprint density at radius 2 is 1.87 bits per heavy atom.